The Morgan fingerprint density at radius 1 is 1.07 bits per heavy atom. The summed E-state index contributed by atoms with van der Waals surface area (Å²) in [6.45, 7) is 8.15. The minimum atomic E-state index is -3.09. The molecule has 226 valence electrons. The number of halogens is 2. The number of nitrogens with zero attached hydrogens (tertiary/aromatic N) is 3. The summed E-state index contributed by atoms with van der Waals surface area (Å²) < 4.78 is 29.1. The Morgan fingerprint density at radius 2 is 1.82 bits per heavy atom. The zero-order chi connectivity index (χ0) is 31.1. The molecule has 0 spiro atoms. The van der Waals surface area contributed by atoms with Crippen molar-refractivity contribution in [2.75, 3.05) is 24.7 Å². The van der Waals surface area contributed by atoms with Gasteiger partial charge in [-0.15, -0.1) is 11.8 Å². The molecule has 2 heterocycles. The summed E-state index contributed by atoms with van der Waals surface area (Å²) in [7, 11) is 0. The van der Waals surface area contributed by atoms with Crippen LogP contribution in [0.25, 0.3) is 22.0 Å². The van der Waals surface area contributed by atoms with Gasteiger partial charge in [0, 0.05) is 34.7 Å². The highest BCUT2D eigenvalue weighted by atomic mass is 32.2. The van der Waals surface area contributed by atoms with Crippen molar-refractivity contribution in [3.05, 3.63) is 121 Å². The van der Waals surface area contributed by atoms with Crippen LogP contribution in [0.15, 0.2) is 114 Å². The Labute approximate surface area is 261 Å². The van der Waals surface area contributed by atoms with E-state index in [0.29, 0.717) is 16.8 Å². The Kier molecular flexibility index (Phi) is 10.0. The van der Waals surface area contributed by atoms with Gasteiger partial charge in [-0.2, -0.15) is 8.78 Å². The van der Waals surface area contributed by atoms with Crippen LogP contribution in [0.5, 0.6) is 0 Å². The molecular formula is C36H36F2N4OS. The molecule has 0 radical (unpaired) electrons. The largest absolute Gasteiger partial charge is 0.320 e. The van der Waals surface area contributed by atoms with Gasteiger partial charge >= 0.3 is 0 Å². The lowest BCUT2D eigenvalue weighted by molar-refractivity contribution is -0.112. The van der Waals surface area contributed by atoms with E-state index in [1.165, 1.54) is 18.2 Å². The maximum absolute atomic E-state index is 14.6. The first kappa shape index (κ1) is 31.3. The Hall–Kier alpha value is -4.14. The van der Waals surface area contributed by atoms with E-state index in [1.54, 1.807) is 49.0 Å². The van der Waals surface area contributed by atoms with E-state index >= 15 is 0 Å². The monoisotopic (exact) mass is 610 g/mol. The Bertz CT molecular complexity index is 1710. The summed E-state index contributed by atoms with van der Waals surface area (Å²) in [5.41, 5.74) is 3.77. The number of pyridine rings is 1. The maximum Gasteiger partial charge on any atom is 0.291 e. The zero-order valence-corrected chi connectivity index (χ0v) is 25.8. The number of aliphatic imine (C=N–C) groups is 1. The minimum absolute atomic E-state index is 0.111. The molecule has 1 fully saturated rings. The lowest BCUT2D eigenvalue weighted by atomic mass is 9.97. The van der Waals surface area contributed by atoms with Crippen LogP contribution >= 0.6 is 11.8 Å². The predicted octanol–water partition coefficient (Wildman–Crippen LogP) is 8.70. The van der Waals surface area contributed by atoms with Gasteiger partial charge in [-0.25, -0.2) is 4.99 Å². The molecule has 0 atom stereocenters. The second-order valence-electron chi connectivity index (χ2n) is 10.9. The quantitative estimate of drug-likeness (QED) is 0.0892. The summed E-state index contributed by atoms with van der Waals surface area (Å²) in [6, 6.07) is 25.7. The molecule has 4 aromatic rings. The van der Waals surface area contributed by atoms with Gasteiger partial charge < -0.3 is 5.32 Å². The van der Waals surface area contributed by atoms with E-state index in [2.05, 4.69) is 40.0 Å². The number of hydrogen-bond acceptors (Lipinski definition) is 5. The molecule has 0 saturated carbocycles. The number of amides is 1. The number of para-hydroxylation sites is 2. The first-order valence-corrected chi connectivity index (χ1v) is 15.9. The Balaban J connectivity index is 1.23. The number of thioether (sulfide) groups is 1. The second-order valence-corrected chi connectivity index (χ2v) is 11.7. The third kappa shape index (κ3) is 7.49. The van der Waals surface area contributed by atoms with Crippen molar-refractivity contribution in [3.63, 3.8) is 0 Å². The number of hydrogen-bond donors (Lipinski definition) is 1. The maximum atomic E-state index is 14.6. The van der Waals surface area contributed by atoms with E-state index in [1.807, 2.05) is 30.5 Å². The lowest BCUT2D eigenvalue weighted by Gasteiger charge is -2.32. The molecule has 8 heteroatoms. The fraction of sp³-hybridized carbons (Fsp3) is 0.250. The predicted molar refractivity (Wildman–Crippen MR) is 179 cm³/mol. The topological polar surface area (TPSA) is 57.6 Å². The smallest absolute Gasteiger partial charge is 0.291 e. The molecule has 1 aromatic heterocycles. The number of nitrogens with one attached hydrogen (secondary N) is 1. The van der Waals surface area contributed by atoms with Crippen LogP contribution in [-0.2, 0) is 17.3 Å². The average molecular weight is 611 g/mol. The van der Waals surface area contributed by atoms with Crippen molar-refractivity contribution < 1.29 is 13.6 Å². The van der Waals surface area contributed by atoms with Crippen LogP contribution < -0.4 is 5.32 Å². The van der Waals surface area contributed by atoms with Crippen molar-refractivity contribution in [2.45, 2.75) is 32.2 Å². The van der Waals surface area contributed by atoms with Crippen molar-refractivity contribution in [1.29, 1.82) is 0 Å². The number of alkyl halides is 2. The van der Waals surface area contributed by atoms with E-state index in [-0.39, 0.29) is 17.2 Å². The molecule has 0 unspecified atom stereocenters. The fourth-order valence-electron chi connectivity index (χ4n) is 5.49. The second kappa shape index (κ2) is 14.1. The first-order chi connectivity index (χ1) is 21.3. The molecule has 1 aliphatic heterocycles. The number of carbonyl (C=O) groups is 1. The first-order valence-electron chi connectivity index (χ1n) is 14.7. The molecule has 1 aliphatic rings. The number of likely N-dealkylation sites (tertiary alicyclic amines) is 1. The van der Waals surface area contributed by atoms with Crippen LogP contribution in [-0.4, -0.2) is 40.2 Å². The van der Waals surface area contributed by atoms with E-state index < -0.39 is 11.8 Å². The van der Waals surface area contributed by atoms with Crippen LogP contribution in [0.1, 0.15) is 31.0 Å². The Morgan fingerprint density at radius 3 is 2.59 bits per heavy atom. The van der Waals surface area contributed by atoms with Gasteiger partial charge in [-0.3, -0.25) is 14.7 Å². The zero-order valence-electron chi connectivity index (χ0n) is 25.0. The summed E-state index contributed by atoms with van der Waals surface area (Å²) in [5.74, 6) is -3.28. The molecule has 1 N–H and O–H groups in total. The third-order valence-corrected chi connectivity index (χ3v) is 8.65. The van der Waals surface area contributed by atoms with E-state index in [4.69, 9.17) is 4.98 Å². The highest BCUT2D eigenvalue weighted by Gasteiger charge is 2.28. The SMILES string of the molecule is C=C(N=C(SC)C1CCN(Cc2ccc3ccccc3n2)CC1)C(=O)Nc1ccccc1-c1cccc(C(F)(F)/C=C/C)c1. The average Bonchev–Trinajstić information content (AvgIpc) is 3.04. The van der Waals surface area contributed by atoms with Crippen LogP contribution in [0.3, 0.4) is 0 Å². The van der Waals surface area contributed by atoms with E-state index in [0.717, 1.165) is 60.2 Å². The van der Waals surface area contributed by atoms with Gasteiger partial charge in [-0.05, 0) is 75.0 Å². The fourth-order valence-corrected chi connectivity index (χ4v) is 6.26. The standard InChI is InChI=1S/C36H36F2N4OS/c1-4-20-36(37,38)29-12-9-11-28(23-29)31-13-6-8-15-33(31)41-34(43)25(2)39-35(44-3)27-18-21-42(22-19-27)24-30-17-16-26-10-5-7-14-32(26)40-30/h4-17,20,23,27H,2,18-19,21-22,24H2,1,3H3,(H,41,43)/b20-4+,39-35?. The molecule has 5 nitrogen and oxygen atoms in total. The summed E-state index contributed by atoms with van der Waals surface area (Å²) in [4.78, 5) is 25.1. The molecule has 0 bridgehead atoms. The lowest BCUT2D eigenvalue weighted by Crippen LogP contribution is -2.35. The van der Waals surface area contributed by atoms with E-state index in [9.17, 15) is 13.6 Å². The summed E-state index contributed by atoms with van der Waals surface area (Å²) >= 11 is 1.54. The van der Waals surface area contributed by atoms with Gasteiger partial charge in [-0.1, -0.05) is 73.3 Å². The van der Waals surface area contributed by atoms with Crippen molar-refractivity contribution in [1.82, 2.24) is 9.88 Å². The molecule has 1 saturated heterocycles. The van der Waals surface area contributed by atoms with Crippen molar-refractivity contribution in [3.8, 4) is 11.1 Å². The molecule has 3 aromatic carbocycles. The van der Waals surface area contributed by atoms with Gasteiger partial charge in [0.05, 0.1) is 16.3 Å². The van der Waals surface area contributed by atoms with Crippen molar-refractivity contribution in [2.24, 2.45) is 10.9 Å². The number of rotatable bonds is 9. The molecule has 5 rings (SSSR count). The van der Waals surface area contributed by atoms with Gasteiger partial charge in [0.2, 0.25) is 0 Å². The number of piperidine rings is 1. The highest BCUT2D eigenvalue weighted by molar-refractivity contribution is 8.13. The number of fused-ring (bicyclic) bond motifs is 1. The number of carbonyl (C=O) groups excluding carboxylic acids is 1. The molecule has 0 aliphatic carbocycles. The summed E-state index contributed by atoms with van der Waals surface area (Å²) in [5, 5.41) is 4.93. The van der Waals surface area contributed by atoms with Gasteiger partial charge in [0.25, 0.3) is 11.8 Å². The third-order valence-electron chi connectivity index (χ3n) is 7.80. The number of anilines is 1. The highest BCUT2D eigenvalue weighted by Crippen LogP contribution is 2.35. The number of allylic oxidation sites excluding steroid dienone is 2. The molecule has 1 amide bonds. The number of benzene rings is 3. The number of aromatic nitrogens is 1. The normalized spacial score (nSPS) is 15.1. The van der Waals surface area contributed by atoms with Crippen molar-refractivity contribution >= 4 is 39.3 Å². The minimum Gasteiger partial charge on any atom is -0.320 e. The summed E-state index contributed by atoms with van der Waals surface area (Å²) in [6.07, 6.45) is 6.04. The van der Waals surface area contributed by atoms with Crippen LogP contribution in [0, 0.1) is 5.92 Å². The van der Waals surface area contributed by atoms with Gasteiger partial charge in [0.15, 0.2) is 0 Å². The van der Waals surface area contributed by atoms with Crippen LogP contribution in [0.4, 0.5) is 14.5 Å². The molecule has 44 heavy (non-hydrogen) atoms. The molecular weight excluding hydrogens is 574 g/mol. The van der Waals surface area contributed by atoms with Gasteiger partial charge in [0.1, 0.15) is 5.70 Å². The van der Waals surface area contributed by atoms with Crippen LogP contribution in [0.2, 0.25) is 0 Å².